The molecule has 0 aliphatic heterocycles. The quantitative estimate of drug-likeness (QED) is 0.741. The number of carbonyl (C=O) groups is 1. The first-order valence-electron chi connectivity index (χ1n) is 6.74. The molecule has 2 rings (SSSR count). The second kappa shape index (κ2) is 8.06. The number of urea groups is 1. The number of ether oxygens (including phenoxy) is 1. The van der Waals surface area contributed by atoms with Gasteiger partial charge in [0.05, 0.1) is 6.54 Å². The maximum atomic E-state index is 11.7. The summed E-state index contributed by atoms with van der Waals surface area (Å²) in [5, 5.41) is 6.16. The molecule has 2 N–H and O–H groups in total. The molecule has 0 spiro atoms. The molecule has 116 valence electrons. The standard InChI is InChI=1S/C16H16BrClN2O2/c1-11-9-13(18)5-6-15(11)22-8-7-19-16(21)20-14-4-2-3-12(17)10-14/h2-6,9-10H,7-8H2,1H3,(H2,19,20,21). The van der Waals surface area contributed by atoms with Crippen molar-refractivity contribution < 1.29 is 9.53 Å². The van der Waals surface area contributed by atoms with E-state index in [0.717, 1.165) is 21.5 Å². The van der Waals surface area contributed by atoms with Crippen molar-refractivity contribution in [3.8, 4) is 5.75 Å². The number of amides is 2. The Kier molecular flexibility index (Phi) is 6.10. The Hall–Kier alpha value is -1.72. The Labute approximate surface area is 142 Å². The number of carbonyl (C=O) groups excluding carboxylic acids is 1. The number of hydrogen-bond acceptors (Lipinski definition) is 2. The monoisotopic (exact) mass is 382 g/mol. The lowest BCUT2D eigenvalue weighted by Gasteiger charge is -2.11. The van der Waals surface area contributed by atoms with E-state index < -0.39 is 0 Å². The molecule has 0 radical (unpaired) electrons. The van der Waals surface area contributed by atoms with E-state index in [1.54, 1.807) is 6.07 Å². The minimum Gasteiger partial charge on any atom is -0.491 e. The fraction of sp³-hybridized carbons (Fsp3) is 0.188. The van der Waals surface area contributed by atoms with Crippen LogP contribution in [0.2, 0.25) is 5.02 Å². The normalized spacial score (nSPS) is 10.1. The van der Waals surface area contributed by atoms with Crippen LogP contribution in [0.4, 0.5) is 10.5 Å². The molecule has 0 atom stereocenters. The summed E-state index contributed by atoms with van der Waals surface area (Å²) in [5.41, 5.74) is 1.69. The summed E-state index contributed by atoms with van der Waals surface area (Å²) in [6.45, 7) is 2.71. The van der Waals surface area contributed by atoms with Crippen molar-refractivity contribution in [3.05, 3.63) is 57.5 Å². The van der Waals surface area contributed by atoms with Gasteiger partial charge in [-0.3, -0.25) is 0 Å². The Morgan fingerprint density at radius 2 is 2.09 bits per heavy atom. The molecule has 0 aliphatic rings. The molecule has 0 bridgehead atoms. The van der Waals surface area contributed by atoms with Gasteiger partial charge < -0.3 is 15.4 Å². The zero-order valence-corrected chi connectivity index (χ0v) is 14.4. The third-order valence-electron chi connectivity index (χ3n) is 2.86. The molecule has 6 heteroatoms. The molecule has 0 aromatic heterocycles. The van der Waals surface area contributed by atoms with Crippen molar-refractivity contribution in [1.82, 2.24) is 5.32 Å². The third kappa shape index (κ3) is 5.24. The van der Waals surface area contributed by atoms with E-state index in [1.807, 2.05) is 43.3 Å². The summed E-state index contributed by atoms with van der Waals surface area (Å²) in [5.74, 6) is 0.763. The van der Waals surface area contributed by atoms with Crippen molar-refractivity contribution in [2.75, 3.05) is 18.5 Å². The fourth-order valence-electron chi connectivity index (χ4n) is 1.84. The Morgan fingerprint density at radius 1 is 1.27 bits per heavy atom. The first-order valence-corrected chi connectivity index (χ1v) is 7.91. The molecule has 2 aromatic carbocycles. The Bertz CT molecular complexity index is 664. The van der Waals surface area contributed by atoms with Crippen LogP contribution in [0.1, 0.15) is 5.56 Å². The van der Waals surface area contributed by atoms with Gasteiger partial charge in [0.25, 0.3) is 0 Å². The highest BCUT2D eigenvalue weighted by atomic mass is 79.9. The molecule has 0 saturated carbocycles. The summed E-state index contributed by atoms with van der Waals surface area (Å²) in [6, 6.07) is 12.6. The fourth-order valence-corrected chi connectivity index (χ4v) is 2.47. The average Bonchev–Trinajstić information content (AvgIpc) is 2.45. The minimum absolute atomic E-state index is 0.269. The van der Waals surface area contributed by atoms with Gasteiger partial charge in [0, 0.05) is 15.2 Å². The van der Waals surface area contributed by atoms with Crippen molar-refractivity contribution in [2.45, 2.75) is 6.92 Å². The summed E-state index contributed by atoms with van der Waals surface area (Å²) in [6.07, 6.45) is 0. The topological polar surface area (TPSA) is 50.4 Å². The highest BCUT2D eigenvalue weighted by Gasteiger charge is 2.03. The zero-order chi connectivity index (χ0) is 15.9. The van der Waals surface area contributed by atoms with Crippen molar-refractivity contribution in [1.29, 1.82) is 0 Å². The van der Waals surface area contributed by atoms with E-state index in [0.29, 0.717) is 18.2 Å². The number of nitrogens with one attached hydrogen (secondary N) is 2. The number of anilines is 1. The van der Waals surface area contributed by atoms with Crippen LogP contribution >= 0.6 is 27.5 Å². The van der Waals surface area contributed by atoms with Gasteiger partial charge in [-0.25, -0.2) is 4.79 Å². The third-order valence-corrected chi connectivity index (χ3v) is 3.59. The molecular weight excluding hydrogens is 368 g/mol. The summed E-state index contributed by atoms with van der Waals surface area (Å²) < 4.78 is 6.51. The molecule has 22 heavy (non-hydrogen) atoms. The van der Waals surface area contributed by atoms with Gasteiger partial charge in [0.1, 0.15) is 12.4 Å². The molecule has 0 aliphatic carbocycles. The smallest absolute Gasteiger partial charge is 0.319 e. The first-order chi connectivity index (χ1) is 10.5. The number of hydrogen-bond donors (Lipinski definition) is 2. The molecular formula is C16H16BrClN2O2. The van der Waals surface area contributed by atoms with Gasteiger partial charge in [-0.2, -0.15) is 0 Å². The molecule has 0 heterocycles. The van der Waals surface area contributed by atoms with E-state index in [2.05, 4.69) is 26.6 Å². The lowest BCUT2D eigenvalue weighted by molar-refractivity contribution is 0.247. The lowest BCUT2D eigenvalue weighted by Crippen LogP contribution is -2.32. The van der Waals surface area contributed by atoms with Crippen LogP contribution in [0.15, 0.2) is 46.9 Å². The van der Waals surface area contributed by atoms with E-state index in [-0.39, 0.29) is 6.03 Å². The van der Waals surface area contributed by atoms with Crippen LogP contribution < -0.4 is 15.4 Å². The first kappa shape index (κ1) is 16.6. The summed E-state index contributed by atoms with van der Waals surface area (Å²) >= 11 is 9.24. The second-order valence-electron chi connectivity index (χ2n) is 4.65. The number of benzene rings is 2. The lowest BCUT2D eigenvalue weighted by atomic mass is 10.2. The largest absolute Gasteiger partial charge is 0.491 e. The summed E-state index contributed by atoms with van der Waals surface area (Å²) in [7, 11) is 0. The van der Waals surface area contributed by atoms with Crippen molar-refractivity contribution in [2.24, 2.45) is 0 Å². The number of aryl methyl sites for hydroxylation is 1. The molecule has 0 fully saturated rings. The van der Waals surface area contributed by atoms with Crippen LogP contribution in [0.5, 0.6) is 5.75 Å². The molecule has 0 saturated heterocycles. The number of halogens is 2. The predicted octanol–water partition coefficient (Wildman–Crippen LogP) is 4.61. The molecule has 2 aromatic rings. The molecule has 0 unspecified atom stereocenters. The van der Waals surface area contributed by atoms with Crippen LogP contribution in [0, 0.1) is 6.92 Å². The van der Waals surface area contributed by atoms with Crippen LogP contribution in [0.3, 0.4) is 0 Å². The van der Waals surface area contributed by atoms with Gasteiger partial charge in [-0.1, -0.05) is 33.6 Å². The second-order valence-corrected chi connectivity index (χ2v) is 6.00. The summed E-state index contributed by atoms with van der Waals surface area (Å²) in [4.78, 5) is 11.7. The van der Waals surface area contributed by atoms with Gasteiger partial charge >= 0.3 is 6.03 Å². The SMILES string of the molecule is Cc1cc(Cl)ccc1OCCNC(=O)Nc1cccc(Br)c1. The van der Waals surface area contributed by atoms with Gasteiger partial charge in [-0.05, 0) is 48.9 Å². The number of rotatable bonds is 5. The van der Waals surface area contributed by atoms with Gasteiger partial charge in [0.2, 0.25) is 0 Å². The average molecular weight is 384 g/mol. The van der Waals surface area contributed by atoms with Crippen molar-refractivity contribution in [3.63, 3.8) is 0 Å². The maximum Gasteiger partial charge on any atom is 0.319 e. The van der Waals surface area contributed by atoms with E-state index in [1.165, 1.54) is 0 Å². The Morgan fingerprint density at radius 3 is 2.82 bits per heavy atom. The van der Waals surface area contributed by atoms with E-state index >= 15 is 0 Å². The highest BCUT2D eigenvalue weighted by Crippen LogP contribution is 2.21. The van der Waals surface area contributed by atoms with Gasteiger partial charge in [0.15, 0.2) is 0 Å². The van der Waals surface area contributed by atoms with E-state index in [4.69, 9.17) is 16.3 Å². The minimum atomic E-state index is -0.269. The van der Waals surface area contributed by atoms with Crippen LogP contribution in [0.25, 0.3) is 0 Å². The highest BCUT2D eigenvalue weighted by molar-refractivity contribution is 9.10. The Balaban J connectivity index is 1.73. The predicted molar refractivity (Wildman–Crippen MR) is 92.8 cm³/mol. The van der Waals surface area contributed by atoms with Crippen molar-refractivity contribution >= 4 is 39.2 Å². The molecule has 2 amide bonds. The van der Waals surface area contributed by atoms with Gasteiger partial charge in [-0.15, -0.1) is 0 Å². The van der Waals surface area contributed by atoms with Crippen LogP contribution in [-0.4, -0.2) is 19.2 Å². The van der Waals surface area contributed by atoms with E-state index in [9.17, 15) is 4.79 Å². The molecule has 4 nitrogen and oxygen atoms in total. The zero-order valence-electron chi connectivity index (χ0n) is 12.0. The van der Waals surface area contributed by atoms with Crippen LogP contribution in [-0.2, 0) is 0 Å². The maximum absolute atomic E-state index is 11.7.